The number of nitrogens with two attached hydrogens (primary N) is 1. The molecular weight excluding hydrogens is 228 g/mol. The van der Waals surface area contributed by atoms with Crippen molar-refractivity contribution in [2.45, 2.75) is 50.4 Å². The zero-order chi connectivity index (χ0) is 12.3. The van der Waals surface area contributed by atoms with Gasteiger partial charge >= 0.3 is 0 Å². The number of carbonyl (C=O) groups excluding carboxylic acids is 1. The molecule has 1 rings (SSSR count). The van der Waals surface area contributed by atoms with Gasteiger partial charge in [-0.2, -0.15) is 0 Å². The molecule has 2 unspecified atom stereocenters. The Balaban J connectivity index is 2.48. The molecule has 0 aliphatic heterocycles. The fraction of sp³-hybridized carbons (Fsp3) is 0.900. The Labute approximate surface area is 96.7 Å². The highest BCUT2D eigenvalue weighted by Crippen LogP contribution is 2.19. The summed E-state index contributed by atoms with van der Waals surface area (Å²) in [4.78, 5) is 11.6. The molecule has 1 saturated carbocycles. The monoisotopic (exact) mass is 248 g/mol. The molecule has 0 aromatic rings. The number of nitrogens with one attached hydrogen (secondary N) is 1. The van der Waals surface area contributed by atoms with Crippen molar-refractivity contribution in [3.63, 3.8) is 0 Å². The van der Waals surface area contributed by atoms with Crippen LogP contribution in [0, 0.1) is 0 Å². The molecule has 16 heavy (non-hydrogen) atoms. The van der Waals surface area contributed by atoms with Gasteiger partial charge in [0.05, 0.1) is 5.75 Å². The van der Waals surface area contributed by atoms with Gasteiger partial charge < -0.3 is 11.1 Å². The average molecular weight is 248 g/mol. The molecule has 1 aliphatic carbocycles. The van der Waals surface area contributed by atoms with Gasteiger partial charge in [-0.15, -0.1) is 0 Å². The van der Waals surface area contributed by atoms with E-state index in [1.807, 2.05) is 0 Å². The number of sulfone groups is 1. The van der Waals surface area contributed by atoms with E-state index in [9.17, 15) is 13.2 Å². The minimum absolute atomic E-state index is 0.0239. The Bertz CT molecular complexity index is 347. The first-order valence-corrected chi connectivity index (χ1v) is 7.32. The first-order chi connectivity index (χ1) is 7.33. The second-order valence-electron chi connectivity index (χ2n) is 4.56. The normalized spacial score (nSPS) is 20.2. The van der Waals surface area contributed by atoms with E-state index in [-0.39, 0.29) is 23.7 Å². The van der Waals surface area contributed by atoms with Crippen molar-refractivity contribution in [2.75, 3.05) is 5.75 Å². The van der Waals surface area contributed by atoms with Crippen LogP contribution in [0.2, 0.25) is 0 Å². The lowest BCUT2D eigenvalue weighted by atomic mass is 10.3. The van der Waals surface area contributed by atoms with Crippen molar-refractivity contribution in [3.05, 3.63) is 0 Å². The molecule has 0 spiro atoms. The summed E-state index contributed by atoms with van der Waals surface area (Å²) >= 11 is 0. The van der Waals surface area contributed by atoms with Crippen LogP contribution in [-0.4, -0.2) is 37.4 Å². The van der Waals surface area contributed by atoms with Gasteiger partial charge in [0.15, 0.2) is 9.84 Å². The summed E-state index contributed by atoms with van der Waals surface area (Å²) < 4.78 is 23.5. The Morgan fingerprint density at radius 1 is 1.44 bits per heavy atom. The van der Waals surface area contributed by atoms with Crippen LogP contribution in [0.5, 0.6) is 0 Å². The van der Waals surface area contributed by atoms with Gasteiger partial charge in [0.25, 0.3) is 0 Å². The van der Waals surface area contributed by atoms with Gasteiger partial charge in [-0.25, -0.2) is 8.42 Å². The van der Waals surface area contributed by atoms with Crippen LogP contribution in [0.3, 0.4) is 0 Å². The zero-order valence-electron chi connectivity index (χ0n) is 9.77. The first-order valence-electron chi connectivity index (χ1n) is 5.60. The lowest BCUT2D eigenvalue weighted by Crippen LogP contribution is -2.40. The third-order valence-electron chi connectivity index (χ3n) is 2.69. The van der Waals surface area contributed by atoms with E-state index < -0.39 is 15.1 Å². The minimum Gasteiger partial charge on any atom is -0.352 e. The molecule has 3 N–H and O–H groups in total. The maximum absolute atomic E-state index is 11.8. The molecule has 5 nitrogen and oxygen atoms in total. The highest BCUT2D eigenvalue weighted by molar-refractivity contribution is 7.92. The molecular formula is C10H20N2O3S. The number of rotatable bonds is 6. The number of hydrogen-bond donors (Lipinski definition) is 2. The number of carbonyl (C=O) groups is 1. The lowest BCUT2D eigenvalue weighted by molar-refractivity contribution is -0.120. The molecule has 0 saturated heterocycles. The van der Waals surface area contributed by atoms with E-state index in [0.29, 0.717) is 6.42 Å². The molecule has 1 fully saturated rings. The number of hydrogen-bond acceptors (Lipinski definition) is 4. The van der Waals surface area contributed by atoms with Gasteiger partial charge in [0.2, 0.25) is 5.91 Å². The van der Waals surface area contributed by atoms with E-state index in [1.54, 1.807) is 6.92 Å². The molecule has 1 aliphatic rings. The lowest BCUT2D eigenvalue weighted by Gasteiger charge is -2.13. The van der Waals surface area contributed by atoms with E-state index >= 15 is 0 Å². The molecule has 0 bridgehead atoms. The molecule has 1 amide bonds. The summed E-state index contributed by atoms with van der Waals surface area (Å²) in [5.74, 6) is -0.406. The van der Waals surface area contributed by atoms with Gasteiger partial charge in [-0.3, -0.25) is 4.79 Å². The standard InChI is InChI=1S/C10H20N2O3S/c1-7(11)5-6-16(14,15)8(2)10(13)12-9-3-4-9/h7-9H,3-6,11H2,1-2H3,(H,12,13). The Morgan fingerprint density at radius 3 is 2.44 bits per heavy atom. The highest BCUT2D eigenvalue weighted by atomic mass is 32.2. The van der Waals surface area contributed by atoms with E-state index in [0.717, 1.165) is 12.8 Å². The molecule has 0 heterocycles. The van der Waals surface area contributed by atoms with Crippen LogP contribution >= 0.6 is 0 Å². The Kier molecular flexibility index (Phi) is 4.32. The van der Waals surface area contributed by atoms with E-state index in [1.165, 1.54) is 6.92 Å². The van der Waals surface area contributed by atoms with Crippen molar-refractivity contribution in [1.29, 1.82) is 0 Å². The Morgan fingerprint density at radius 2 is 2.00 bits per heavy atom. The van der Waals surface area contributed by atoms with Crippen LogP contribution in [0.4, 0.5) is 0 Å². The second kappa shape index (κ2) is 5.14. The summed E-state index contributed by atoms with van der Waals surface area (Å²) in [5, 5.41) is 1.73. The molecule has 6 heteroatoms. The smallest absolute Gasteiger partial charge is 0.238 e. The fourth-order valence-corrected chi connectivity index (χ4v) is 2.68. The minimum atomic E-state index is -3.36. The van der Waals surface area contributed by atoms with E-state index in [2.05, 4.69) is 5.32 Å². The summed E-state index contributed by atoms with van der Waals surface area (Å²) in [7, 11) is -3.36. The van der Waals surface area contributed by atoms with Crippen LogP contribution < -0.4 is 11.1 Å². The van der Waals surface area contributed by atoms with Crippen LogP contribution in [0.15, 0.2) is 0 Å². The molecule has 0 aromatic heterocycles. The van der Waals surface area contributed by atoms with Crippen molar-refractivity contribution >= 4 is 15.7 Å². The summed E-state index contributed by atoms with van der Waals surface area (Å²) in [6, 6.07) is 0.0343. The van der Waals surface area contributed by atoms with Crippen molar-refractivity contribution in [1.82, 2.24) is 5.32 Å². The van der Waals surface area contributed by atoms with Gasteiger partial charge in [-0.1, -0.05) is 0 Å². The molecule has 94 valence electrons. The predicted molar refractivity (Wildman–Crippen MR) is 62.7 cm³/mol. The maximum atomic E-state index is 11.8. The average Bonchev–Trinajstić information content (AvgIpc) is 2.97. The van der Waals surface area contributed by atoms with Crippen LogP contribution in [0.25, 0.3) is 0 Å². The SMILES string of the molecule is CC(N)CCS(=O)(=O)C(C)C(=O)NC1CC1. The fourth-order valence-electron chi connectivity index (χ4n) is 1.24. The third kappa shape index (κ3) is 4.09. The van der Waals surface area contributed by atoms with Crippen molar-refractivity contribution in [3.8, 4) is 0 Å². The quantitative estimate of drug-likeness (QED) is 0.681. The second-order valence-corrected chi connectivity index (χ2v) is 7.00. The van der Waals surface area contributed by atoms with Gasteiger partial charge in [0.1, 0.15) is 5.25 Å². The Hall–Kier alpha value is -0.620. The predicted octanol–water partition coefficient (Wildman–Crippen LogP) is -0.194. The molecule has 2 atom stereocenters. The third-order valence-corrected chi connectivity index (χ3v) is 4.79. The van der Waals surface area contributed by atoms with Gasteiger partial charge in [-0.05, 0) is 33.1 Å². The first kappa shape index (κ1) is 13.4. The maximum Gasteiger partial charge on any atom is 0.238 e. The topological polar surface area (TPSA) is 89.3 Å². The van der Waals surface area contributed by atoms with E-state index in [4.69, 9.17) is 5.73 Å². The van der Waals surface area contributed by atoms with Gasteiger partial charge in [0, 0.05) is 12.1 Å². The summed E-state index contributed by atoms with van der Waals surface area (Å²) in [5.41, 5.74) is 5.50. The largest absolute Gasteiger partial charge is 0.352 e. The molecule has 0 radical (unpaired) electrons. The van der Waals surface area contributed by atoms with Crippen LogP contribution in [0.1, 0.15) is 33.1 Å². The van der Waals surface area contributed by atoms with Crippen molar-refractivity contribution in [2.24, 2.45) is 5.73 Å². The summed E-state index contributed by atoms with van der Waals surface area (Å²) in [6.45, 7) is 3.19. The number of amides is 1. The van der Waals surface area contributed by atoms with Crippen molar-refractivity contribution < 1.29 is 13.2 Å². The summed E-state index contributed by atoms with van der Waals surface area (Å²) in [6.07, 6.45) is 2.31. The van der Waals surface area contributed by atoms with Crippen LogP contribution in [-0.2, 0) is 14.6 Å². The molecule has 0 aromatic carbocycles. The zero-order valence-corrected chi connectivity index (χ0v) is 10.6. The highest BCUT2D eigenvalue weighted by Gasteiger charge is 2.31.